The Morgan fingerprint density at radius 1 is 1.22 bits per heavy atom. The van der Waals surface area contributed by atoms with Crippen LogP contribution in [0.4, 0.5) is 10.1 Å². The molecule has 3 aromatic rings. The fourth-order valence-electron chi connectivity index (χ4n) is 6.35. The van der Waals surface area contributed by atoms with Crippen LogP contribution in [0.5, 0.6) is 0 Å². The molecule has 6 nitrogen and oxygen atoms in total. The highest BCUT2D eigenvalue weighted by Gasteiger charge is 2.50. The number of nitrogens with zero attached hydrogens (tertiary/aromatic N) is 5. The molecule has 2 atom stereocenters. The first kappa shape index (κ1) is 24.8. The number of rotatable bonds is 5. The van der Waals surface area contributed by atoms with E-state index >= 15 is 0 Å². The summed E-state index contributed by atoms with van der Waals surface area (Å²) in [5.74, 6) is 0.138. The second kappa shape index (κ2) is 9.05. The van der Waals surface area contributed by atoms with Gasteiger partial charge in [-0.15, -0.1) is 0 Å². The summed E-state index contributed by atoms with van der Waals surface area (Å²) >= 11 is 6.69. The summed E-state index contributed by atoms with van der Waals surface area (Å²) < 4.78 is 16.1. The van der Waals surface area contributed by atoms with Crippen LogP contribution < -0.4 is 4.90 Å². The lowest BCUT2D eigenvalue weighted by Gasteiger charge is -2.48. The van der Waals surface area contributed by atoms with Crippen LogP contribution in [0, 0.1) is 0 Å². The van der Waals surface area contributed by atoms with Gasteiger partial charge in [0.15, 0.2) is 5.15 Å². The van der Waals surface area contributed by atoms with Crippen molar-refractivity contribution in [2.24, 2.45) is 0 Å². The van der Waals surface area contributed by atoms with Crippen LogP contribution in [-0.4, -0.2) is 56.7 Å². The monoisotopic (exact) mass is 523 g/mol. The number of pyridine rings is 1. The SMILES string of the molecule is CC[C@H](C)n1cnc2cc(-c3ccc4c(c3)N(C3CC(N5CCC[C@@H](F)C5)C3)C(=O)C4(C)C)nc(Cl)c21. The highest BCUT2D eigenvalue weighted by Crippen LogP contribution is 2.48. The zero-order valence-corrected chi connectivity index (χ0v) is 22.8. The Labute approximate surface area is 222 Å². The normalized spacial score (nSPS) is 26.4. The number of piperidine rings is 1. The fraction of sp³-hybridized carbons (Fsp3) is 0.552. The van der Waals surface area contributed by atoms with Gasteiger partial charge in [0.05, 0.1) is 23.0 Å². The third kappa shape index (κ3) is 3.97. The standard InChI is InChI=1S/C29H35ClFN5O/c1-5-17(2)35-16-32-24-14-23(33-27(30)26(24)35)18-8-9-22-25(11-18)36(28(37)29(22,3)4)21-12-20(13-21)34-10-6-7-19(31)15-34/h8-9,11,14,16-17,19-21H,5-7,10,12-13,15H2,1-4H3/t17-,19+,20?,21?/m0/s1. The minimum atomic E-state index is -0.725. The Kier molecular flexibility index (Phi) is 6.07. The summed E-state index contributed by atoms with van der Waals surface area (Å²) in [6.07, 6.45) is 5.45. The van der Waals surface area contributed by atoms with Crippen LogP contribution in [-0.2, 0) is 10.2 Å². The van der Waals surface area contributed by atoms with Crippen LogP contribution in [0.1, 0.15) is 71.4 Å². The quantitative estimate of drug-likeness (QED) is 0.368. The molecule has 0 N–H and O–H groups in total. The molecular weight excluding hydrogens is 489 g/mol. The fourth-order valence-corrected chi connectivity index (χ4v) is 6.64. The van der Waals surface area contributed by atoms with Crippen LogP contribution in [0.2, 0.25) is 5.15 Å². The van der Waals surface area contributed by atoms with Gasteiger partial charge in [0.2, 0.25) is 5.91 Å². The van der Waals surface area contributed by atoms with E-state index in [-0.39, 0.29) is 18.0 Å². The van der Waals surface area contributed by atoms with Gasteiger partial charge in [-0.1, -0.05) is 30.7 Å². The first-order valence-electron chi connectivity index (χ1n) is 13.6. The third-order valence-corrected chi connectivity index (χ3v) is 9.18. The largest absolute Gasteiger partial charge is 0.325 e. The zero-order valence-electron chi connectivity index (χ0n) is 22.0. The summed E-state index contributed by atoms with van der Waals surface area (Å²) in [6, 6.07) is 8.94. The number of amides is 1. The van der Waals surface area contributed by atoms with Crippen molar-refractivity contribution in [3.63, 3.8) is 0 Å². The Balaban J connectivity index is 1.32. The Hall–Kier alpha value is -2.51. The van der Waals surface area contributed by atoms with Gasteiger partial charge in [0.25, 0.3) is 0 Å². The maximum atomic E-state index is 14.0. The van der Waals surface area contributed by atoms with Crippen LogP contribution >= 0.6 is 11.6 Å². The Bertz CT molecular complexity index is 1360. The molecule has 1 aromatic carbocycles. The summed E-state index contributed by atoms with van der Waals surface area (Å²) in [7, 11) is 0. The summed E-state index contributed by atoms with van der Waals surface area (Å²) in [5, 5.41) is 0.439. The number of alkyl halides is 1. The molecule has 1 saturated carbocycles. The molecule has 2 fully saturated rings. The van der Waals surface area contributed by atoms with Crippen molar-refractivity contribution in [1.29, 1.82) is 0 Å². The molecule has 8 heteroatoms. The number of anilines is 1. The first-order valence-corrected chi connectivity index (χ1v) is 14.0. The maximum Gasteiger partial charge on any atom is 0.237 e. The summed E-state index contributed by atoms with van der Waals surface area (Å²) in [5.41, 5.74) is 4.76. The van der Waals surface area contributed by atoms with Crippen LogP contribution in [0.3, 0.4) is 0 Å². The Morgan fingerprint density at radius 2 is 2.00 bits per heavy atom. The summed E-state index contributed by atoms with van der Waals surface area (Å²) in [6.45, 7) is 9.78. The van der Waals surface area contributed by atoms with Crippen molar-refractivity contribution < 1.29 is 9.18 Å². The zero-order chi connectivity index (χ0) is 26.1. The van der Waals surface area contributed by atoms with Gasteiger partial charge in [0.1, 0.15) is 11.7 Å². The van der Waals surface area contributed by atoms with E-state index in [1.165, 1.54) is 0 Å². The second-order valence-electron chi connectivity index (χ2n) is 11.6. The number of halogens is 2. The van der Waals surface area contributed by atoms with Gasteiger partial charge in [0, 0.05) is 35.9 Å². The minimum Gasteiger partial charge on any atom is -0.325 e. The minimum absolute atomic E-state index is 0.138. The molecule has 1 saturated heterocycles. The number of imidazole rings is 1. The molecule has 6 rings (SSSR count). The molecule has 2 aliphatic heterocycles. The van der Waals surface area contributed by atoms with Gasteiger partial charge in [-0.3, -0.25) is 9.69 Å². The van der Waals surface area contributed by atoms with Gasteiger partial charge in [-0.2, -0.15) is 0 Å². The summed E-state index contributed by atoms with van der Waals surface area (Å²) in [4.78, 5) is 27.3. The van der Waals surface area contributed by atoms with Crippen LogP contribution in [0.15, 0.2) is 30.6 Å². The number of benzene rings is 1. The molecule has 3 aliphatic rings. The number of carbonyl (C=O) groups excluding carboxylic acids is 1. The molecule has 1 aliphatic carbocycles. The lowest BCUT2D eigenvalue weighted by Crippen LogP contribution is -2.58. The van der Waals surface area contributed by atoms with E-state index in [0.717, 1.165) is 65.8 Å². The lowest BCUT2D eigenvalue weighted by atomic mass is 9.82. The van der Waals surface area contributed by atoms with E-state index in [1.807, 2.05) is 37.2 Å². The maximum absolute atomic E-state index is 14.0. The van der Waals surface area contributed by atoms with E-state index < -0.39 is 11.6 Å². The van der Waals surface area contributed by atoms with Crippen LogP contribution in [0.25, 0.3) is 22.3 Å². The van der Waals surface area contributed by atoms with Crippen molar-refractivity contribution in [3.8, 4) is 11.3 Å². The highest BCUT2D eigenvalue weighted by atomic mass is 35.5. The number of hydrogen-bond donors (Lipinski definition) is 0. The van der Waals surface area contributed by atoms with Crippen molar-refractivity contribution in [3.05, 3.63) is 41.3 Å². The highest BCUT2D eigenvalue weighted by molar-refractivity contribution is 6.34. The topological polar surface area (TPSA) is 54.3 Å². The number of hydrogen-bond acceptors (Lipinski definition) is 4. The number of aromatic nitrogens is 3. The first-order chi connectivity index (χ1) is 17.7. The van der Waals surface area contributed by atoms with E-state index in [1.54, 1.807) is 0 Å². The van der Waals surface area contributed by atoms with E-state index in [9.17, 15) is 9.18 Å². The smallest absolute Gasteiger partial charge is 0.237 e. The second-order valence-corrected chi connectivity index (χ2v) is 12.0. The van der Waals surface area contributed by atoms with Crippen molar-refractivity contribution in [2.45, 2.75) is 89.5 Å². The van der Waals surface area contributed by atoms with E-state index in [2.05, 4.69) is 40.4 Å². The lowest BCUT2D eigenvalue weighted by molar-refractivity contribution is -0.123. The average molecular weight is 524 g/mol. The predicted molar refractivity (Wildman–Crippen MR) is 146 cm³/mol. The van der Waals surface area contributed by atoms with Gasteiger partial charge in [-0.05, 0) is 77.1 Å². The molecule has 0 spiro atoms. The predicted octanol–water partition coefficient (Wildman–Crippen LogP) is 6.31. The molecule has 1 amide bonds. The van der Waals surface area contributed by atoms with Gasteiger partial charge >= 0.3 is 0 Å². The van der Waals surface area contributed by atoms with Crippen molar-refractivity contribution in [1.82, 2.24) is 19.4 Å². The molecular formula is C29H35ClFN5O. The molecule has 37 heavy (non-hydrogen) atoms. The van der Waals surface area contributed by atoms with Crippen molar-refractivity contribution in [2.75, 3.05) is 18.0 Å². The third-order valence-electron chi connectivity index (χ3n) is 8.92. The number of fused-ring (bicyclic) bond motifs is 2. The molecule has 4 heterocycles. The number of likely N-dealkylation sites (tertiary alicyclic amines) is 1. The van der Waals surface area contributed by atoms with Gasteiger partial charge < -0.3 is 9.47 Å². The number of carbonyl (C=O) groups is 1. The van der Waals surface area contributed by atoms with Crippen molar-refractivity contribution >= 4 is 34.2 Å². The molecule has 0 radical (unpaired) electrons. The molecule has 0 bridgehead atoms. The van der Waals surface area contributed by atoms with E-state index in [0.29, 0.717) is 24.2 Å². The van der Waals surface area contributed by atoms with Gasteiger partial charge in [-0.25, -0.2) is 14.4 Å². The average Bonchev–Trinajstić information content (AvgIpc) is 3.36. The molecule has 0 unspecified atom stereocenters. The Morgan fingerprint density at radius 3 is 2.73 bits per heavy atom. The van der Waals surface area contributed by atoms with E-state index in [4.69, 9.17) is 16.6 Å². The molecule has 196 valence electrons. The molecule has 2 aromatic heterocycles.